The second kappa shape index (κ2) is 11.3. The Morgan fingerprint density at radius 2 is 1.51 bits per heavy atom. The van der Waals surface area contributed by atoms with E-state index in [9.17, 15) is 9.59 Å². The zero-order valence-electron chi connectivity index (χ0n) is 21.0. The Bertz CT molecular complexity index is 1420. The molecule has 0 aliphatic carbocycles. The average Bonchev–Trinajstić information content (AvgIpc) is 2.93. The minimum atomic E-state index is -0.261. The van der Waals surface area contributed by atoms with Crippen LogP contribution in [-0.2, 0) is 6.54 Å². The Hall–Kier alpha value is -4.78. The summed E-state index contributed by atoms with van der Waals surface area (Å²) < 4.78 is 11.2. The largest absolute Gasteiger partial charge is 0.493 e. The molecule has 0 unspecified atom stereocenters. The number of nitrogen functional groups attached to an aromatic ring is 1. The van der Waals surface area contributed by atoms with Gasteiger partial charge in [-0.3, -0.25) is 9.59 Å². The number of nitrogens with two attached hydrogens (primary N) is 1. The number of hydrogen-bond acceptors (Lipinski definition) is 5. The molecular weight excluding hydrogens is 466 g/mol. The normalized spacial score (nSPS) is 10.5. The summed E-state index contributed by atoms with van der Waals surface area (Å²) in [6.07, 6.45) is 0. The van der Waals surface area contributed by atoms with E-state index in [0.29, 0.717) is 40.5 Å². The van der Waals surface area contributed by atoms with Crippen molar-refractivity contribution in [3.05, 3.63) is 107 Å². The fraction of sp³-hybridized carbons (Fsp3) is 0.133. The number of amides is 2. The maximum Gasteiger partial charge on any atom is 0.255 e. The molecule has 0 bridgehead atoms. The lowest BCUT2D eigenvalue weighted by Gasteiger charge is -2.19. The Labute approximate surface area is 216 Å². The second-order valence-electron chi connectivity index (χ2n) is 8.45. The van der Waals surface area contributed by atoms with E-state index in [-0.39, 0.29) is 11.8 Å². The molecule has 4 aromatic carbocycles. The van der Waals surface area contributed by atoms with Gasteiger partial charge in [-0.1, -0.05) is 54.6 Å². The first-order chi connectivity index (χ1) is 17.9. The highest BCUT2D eigenvalue weighted by Gasteiger charge is 2.22. The molecule has 2 amide bonds. The number of nitrogens with one attached hydrogen (secondary N) is 2. The molecular formula is C30H29N3O4. The van der Waals surface area contributed by atoms with Crippen LogP contribution in [0.25, 0.3) is 11.1 Å². The first-order valence-corrected chi connectivity index (χ1v) is 11.8. The third kappa shape index (κ3) is 5.56. The van der Waals surface area contributed by atoms with Crippen molar-refractivity contribution in [2.45, 2.75) is 13.5 Å². The fourth-order valence-corrected chi connectivity index (χ4v) is 4.13. The van der Waals surface area contributed by atoms with Gasteiger partial charge in [0.15, 0.2) is 11.5 Å². The van der Waals surface area contributed by atoms with Crippen LogP contribution in [0.2, 0.25) is 0 Å². The van der Waals surface area contributed by atoms with Gasteiger partial charge in [0.25, 0.3) is 11.8 Å². The van der Waals surface area contributed by atoms with E-state index in [0.717, 1.165) is 22.3 Å². The minimum Gasteiger partial charge on any atom is -0.493 e. The highest BCUT2D eigenvalue weighted by Crippen LogP contribution is 2.42. The smallest absolute Gasteiger partial charge is 0.255 e. The molecule has 0 saturated carbocycles. The van der Waals surface area contributed by atoms with E-state index in [1.807, 2.05) is 37.3 Å². The zero-order valence-corrected chi connectivity index (χ0v) is 21.0. The van der Waals surface area contributed by atoms with Gasteiger partial charge in [0.1, 0.15) is 0 Å². The first-order valence-electron chi connectivity index (χ1n) is 11.8. The number of anilines is 2. The van der Waals surface area contributed by atoms with E-state index in [4.69, 9.17) is 15.2 Å². The van der Waals surface area contributed by atoms with Gasteiger partial charge in [-0.2, -0.15) is 0 Å². The highest BCUT2D eigenvalue weighted by molar-refractivity contribution is 6.05. The Balaban J connectivity index is 1.50. The lowest BCUT2D eigenvalue weighted by Crippen LogP contribution is -2.24. The number of benzene rings is 4. The molecule has 0 spiro atoms. The zero-order chi connectivity index (χ0) is 26.4. The third-order valence-corrected chi connectivity index (χ3v) is 6.11. The maximum absolute atomic E-state index is 13.2. The van der Waals surface area contributed by atoms with Crippen LogP contribution in [-0.4, -0.2) is 26.0 Å². The summed E-state index contributed by atoms with van der Waals surface area (Å²) in [6.45, 7) is 2.19. The Kier molecular flexibility index (Phi) is 7.74. The van der Waals surface area contributed by atoms with Crippen LogP contribution in [0.3, 0.4) is 0 Å². The topological polar surface area (TPSA) is 103 Å². The molecule has 4 aromatic rings. The maximum atomic E-state index is 13.2. The summed E-state index contributed by atoms with van der Waals surface area (Å²) in [6, 6.07) is 25.6. The molecule has 188 valence electrons. The summed E-state index contributed by atoms with van der Waals surface area (Å²) in [5.74, 6) is 0.556. The highest BCUT2D eigenvalue weighted by atomic mass is 16.5. The fourth-order valence-electron chi connectivity index (χ4n) is 4.13. The Morgan fingerprint density at radius 1 is 0.838 bits per heavy atom. The van der Waals surface area contributed by atoms with Crippen LogP contribution in [0.15, 0.2) is 84.9 Å². The average molecular weight is 496 g/mol. The molecule has 0 radical (unpaired) electrons. The Morgan fingerprint density at radius 3 is 2.16 bits per heavy atom. The molecule has 0 fully saturated rings. The number of hydrogen-bond donors (Lipinski definition) is 3. The van der Waals surface area contributed by atoms with Gasteiger partial charge in [0.2, 0.25) is 0 Å². The summed E-state index contributed by atoms with van der Waals surface area (Å²) in [7, 11) is 3.13. The van der Waals surface area contributed by atoms with Crippen molar-refractivity contribution in [1.29, 1.82) is 0 Å². The van der Waals surface area contributed by atoms with E-state index in [1.165, 1.54) is 0 Å². The van der Waals surface area contributed by atoms with Gasteiger partial charge >= 0.3 is 0 Å². The van der Waals surface area contributed by atoms with Gasteiger partial charge in [0, 0.05) is 23.2 Å². The van der Waals surface area contributed by atoms with E-state index >= 15 is 0 Å². The minimum absolute atomic E-state index is 0.239. The number of carbonyl (C=O) groups excluding carboxylic acids is 2. The van der Waals surface area contributed by atoms with Gasteiger partial charge < -0.3 is 25.8 Å². The quantitative estimate of drug-likeness (QED) is 0.282. The predicted molar refractivity (Wildman–Crippen MR) is 146 cm³/mol. The van der Waals surface area contributed by atoms with Crippen LogP contribution in [0.1, 0.15) is 31.8 Å². The molecule has 0 aromatic heterocycles. The monoisotopic (exact) mass is 495 g/mol. The molecule has 0 saturated heterocycles. The van der Waals surface area contributed by atoms with E-state index in [2.05, 4.69) is 10.6 Å². The van der Waals surface area contributed by atoms with Crippen molar-refractivity contribution in [1.82, 2.24) is 5.32 Å². The predicted octanol–water partition coefficient (Wildman–Crippen LogP) is 5.44. The van der Waals surface area contributed by atoms with Crippen molar-refractivity contribution in [3.63, 3.8) is 0 Å². The second-order valence-corrected chi connectivity index (χ2v) is 8.45. The van der Waals surface area contributed by atoms with Crippen molar-refractivity contribution in [2.24, 2.45) is 0 Å². The molecule has 4 rings (SSSR count). The van der Waals surface area contributed by atoms with Crippen LogP contribution in [0.5, 0.6) is 11.5 Å². The number of para-hydroxylation sites is 2. The van der Waals surface area contributed by atoms with Crippen LogP contribution < -0.4 is 25.8 Å². The molecule has 0 aliphatic heterocycles. The number of ether oxygens (including phenoxy) is 2. The summed E-state index contributed by atoms with van der Waals surface area (Å²) in [4.78, 5) is 25.8. The number of carbonyl (C=O) groups is 2. The molecule has 7 heteroatoms. The van der Waals surface area contributed by atoms with Gasteiger partial charge in [-0.15, -0.1) is 0 Å². The molecule has 0 atom stereocenters. The van der Waals surface area contributed by atoms with Crippen molar-refractivity contribution in [3.8, 4) is 22.6 Å². The third-order valence-electron chi connectivity index (χ3n) is 6.11. The number of rotatable bonds is 8. The van der Waals surface area contributed by atoms with E-state index < -0.39 is 0 Å². The van der Waals surface area contributed by atoms with Gasteiger partial charge in [-0.05, 0) is 53.9 Å². The molecule has 37 heavy (non-hydrogen) atoms. The summed E-state index contributed by atoms with van der Waals surface area (Å²) >= 11 is 0. The van der Waals surface area contributed by atoms with Crippen LogP contribution in [0.4, 0.5) is 11.4 Å². The SMILES string of the molecule is COc1cc(C(=O)NCc2ccc(C(=O)Nc3ccccc3N)cc2)c(C)c(-c2ccccc2)c1OC. The molecule has 7 nitrogen and oxygen atoms in total. The van der Waals surface area contributed by atoms with Crippen LogP contribution in [0, 0.1) is 6.92 Å². The molecule has 0 aliphatic rings. The number of methoxy groups -OCH3 is 2. The van der Waals surface area contributed by atoms with Crippen molar-refractivity contribution < 1.29 is 19.1 Å². The van der Waals surface area contributed by atoms with Crippen molar-refractivity contribution in [2.75, 3.05) is 25.3 Å². The lowest BCUT2D eigenvalue weighted by atomic mass is 9.94. The van der Waals surface area contributed by atoms with Crippen molar-refractivity contribution >= 4 is 23.2 Å². The molecule has 4 N–H and O–H groups in total. The summed E-state index contributed by atoms with van der Waals surface area (Å²) in [5, 5.41) is 5.77. The first kappa shape index (κ1) is 25.3. The summed E-state index contributed by atoms with van der Waals surface area (Å²) in [5.41, 5.74) is 11.3. The van der Waals surface area contributed by atoms with Crippen LogP contribution >= 0.6 is 0 Å². The lowest BCUT2D eigenvalue weighted by molar-refractivity contribution is 0.0949. The molecule has 0 heterocycles. The van der Waals surface area contributed by atoms with Gasteiger partial charge in [0.05, 0.1) is 25.6 Å². The standard InChI is InChI=1S/C30H29N3O4/c1-19-23(17-26(36-2)28(37-3)27(19)21-9-5-4-6-10-21)30(35)32-18-20-13-15-22(16-14-20)29(34)33-25-12-8-7-11-24(25)31/h4-17H,18,31H2,1-3H3,(H,32,35)(H,33,34). The van der Waals surface area contributed by atoms with E-state index in [1.54, 1.807) is 68.8 Å². The van der Waals surface area contributed by atoms with Gasteiger partial charge in [-0.25, -0.2) is 0 Å².